The SMILES string of the molecule is COc1ccc(C=CC(=O)OCc2csc(N(N=Cc3ccc(C)cc3)C(C)=O)n2)cc1OC. The molecule has 1 amide bonds. The molecule has 0 saturated carbocycles. The molecule has 34 heavy (non-hydrogen) atoms. The number of anilines is 1. The lowest BCUT2D eigenvalue weighted by Gasteiger charge is -2.10. The van der Waals surface area contributed by atoms with E-state index in [0.717, 1.165) is 16.7 Å². The molecule has 0 aliphatic heterocycles. The first kappa shape index (κ1) is 24.7. The minimum Gasteiger partial charge on any atom is -0.493 e. The maximum atomic E-state index is 12.1. The van der Waals surface area contributed by atoms with Crippen molar-refractivity contribution in [2.24, 2.45) is 5.10 Å². The number of carbonyl (C=O) groups is 2. The number of nitrogens with zero attached hydrogens (tertiary/aromatic N) is 3. The van der Waals surface area contributed by atoms with Crippen LogP contribution >= 0.6 is 11.3 Å². The quantitative estimate of drug-likeness (QED) is 0.193. The number of amides is 1. The highest BCUT2D eigenvalue weighted by Gasteiger charge is 2.15. The van der Waals surface area contributed by atoms with Crippen molar-refractivity contribution in [1.29, 1.82) is 0 Å². The highest BCUT2D eigenvalue weighted by atomic mass is 32.1. The van der Waals surface area contributed by atoms with Crippen molar-refractivity contribution >= 4 is 40.6 Å². The number of hydrogen-bond acceptors (Lipinski definition) is 8. The first-order valence-electron chi connectivity index (χ1n) is 10.3. The average Bonchev–Trinajstić information content (AvgIpc) is 3.30. The van der Waals surface area contributed by atoms with Crippen molar-refractivity contribution in [1.82, 2.24) is 4.98 Å². The molecule has 3 aromatic rings. The van der Waals surface area contributed by atoms with Gasteiger partial charge in [-0.25, -0.2) is 9.78 Å². The van der Waals surface area contributed by atoms with Crippen molar-refractivity contribution in [3.8, 4) is 11.5 Å². The summed E-state index contributed by atoms with van der Waals surface area (Å²) in [4.78, 5) is 28.6. The average molecular weight is 480 g/mol. The number of methoxy groups -OCH3 is 2. The highest BCUT2D eigenvalue weighted by Crippen LogP contribution is 2.28. The normalized spacial score (nSPS) is 11.1. The molecule has 0 N–H and O–H groups in total. The number of rotatable bonds is 9. The Morgan fingerprint density at radius 1 is 1.06 bits per heavy atom. The molecule has 0 aliphatic carbocycles. The van der Waals surface area contributed by atoms with Crippen LogP contribution < -0.4 is 14.5 Å². The number of thiazole rings is 1. The van der Waals surface area contributed by atoms with Gasteiger partial charge in [0.15, 0.2) is 11.5 Å². The van der Waals surface area contributed by atoms with E-state index in [4.69, 9.17) is 14.2 Å². The van der Waals surface area contributed by atoms with Gasteiger partial charge in [-0.1, -0.05) is 35.9 Å². The number of carbonyl (C=O) groups excluding carboxylic acids is 2. The van der Waals surface area contributed by atoms with Crippen molar-refractivity contribution in [2.45, 2.75) is 20.5 Å². The largest absolute Gasteiger partial charge is 0.493 e. The molecule has 3 rings (SSSR count). The zero-order chi connectivity index (χ0) is 24.5. The van der Waals surface area contributed by atoms with Gasteiger partial charge in [-0.3, -0.25) is 4.79 Å². The topological polar surface area (TPSA) is 90.3 Å². The molecular weight excluding hydrogens is 454 g/mol. The Labute approximate surface area is 202 Å². The Morgan fingerprint density at radius 2 is 1.76 bits per heavy atom. The van der Waals surface area contributed by atoms with E-state index in [1.165, 1.54) is 29.3 Å². The molecule has 0 unspecified atom stereocenters. The molecule has 0 atom stereocenters. The van der Waals surface area contributed by atoms with Crippen LogP contribution in [-0.4, -0.2) is 37.3 Å². The Bertz CT molecular complexity index is 1200. The molecule has 0 radical (unpaired) electrons. The molecule has 0 saturated heterocycles. The van der Waals surface area contributed by atoms with Crippen molar-refractivity contribution in [3.63, 3.8) is 0 Å². The summed E-state index contributed by atoms with van der Waals surface area (Å²) in [5.41, 5.74) is 3.28. The second kappa shape index (κ2) is 11.8. The Balaban J connectivity index is 1.60. The van der Waals surface area contributed by atoms with Crippen LogP contribution in [0, 0.1) is 6.92 Å². The lowest BCUT2D eigenvalue weighted by atomic mass is 10.2. The summed E-state index contributed by atoms with van der Waals surface area (Å²) in [6.07, 6.45) is 4.54. The number of aryl methyl sites for hydroxylation is 1. The third-order valence-corrected chi connectivity index (χ3v) is 5.47. The summed E-state index contributed by atoms with van der Waals surface area (Å²) in [6, 6.07) is 13.1. The van der Waals surface area contributed by atoms with Crippen LogP contribution in [0.15, 0.2) is 59.0 Å². The van der Waals surface area contributed by atoms with E-state index in [1.807, 2.05) is 31.2 Å². The highest BCUT2D eigenvalue weighted by molar-refractivity contribution is 7.14. The van der Waals surface area contributed by atoms with Gasteiger partial charge in [-0.15, -0.1) is 11.3 Å². The number of ether oxygens (including phenoxy) is 3. The molecular formula is C25H25N3O5S. The summed E-state index contributed by atoms with van der Waals surface area (Å²) in [5, 5.41) is 7.59. The van der Waals surface area contributed by atoms with Gasteiger partial charge in [-0.05, 0) is 36.3 Å². The molecule has 1 heterocycles. The molecule has 0 spiro atoms. The lowest BCUT2D eigenvalue weighted by Crippen LogP contribution is -2.22. The fourth-order valence-corrected chi connectivity index (χ4v) is 3.62. The van der Waals surface area contributed by atoms with Crippen LogP contribution in [0.25, 0.3) is 6.08 Å². The van der Waals surface area contributed by atoms with Crippen LogP contribution in [0.2, 0.25) is 0 Å². The minimum atomic E-state index is -0.523. The van der Waals surface area contributed by atoms with Gasteiger partial charge in [0.1, 0.15) is 6.61 Å². The van der Waals surface area contributed by atoms with Crippen molar-refractivity contribution < 1.29 is 23.8 Å². The zero-order valence-corrected chi connectivity index (χ0v) is 20.2. The third kappa shape index (κ3) is 6.76. The van der Waals surface area contributed by atoms with E-state index in [-0.39, 0.29) is 12.5 Å². The summed E-state index contributed by atoms with van der Waals surface area (Å²) in [7, 11) is 3.10. The predicted molar refractivity (Wildman–Crippen MR) is 132 cm³/mol. The fraction of sp³-hybridized carbons (Fsp3) is 0.200. The molecule has 0 aliphatic rings. The standard InChI is InChI=1S/C25H25N3O5S/c1-17-5-7-20(8-6-17)14-26-28(18(2)29)25-27-21(16-34-25)15-33-24(30)12-10-19-9-11-22(31-3)23(13-19)32-4/h5-14,16H,15H2,1-4H3. The second-order valence-electron chi connectivity index (χ2n) is 7.16. The number of hydrogen-bond donors (Lipinski definition) is 0. The lowest BCUT2D eigenvalue weighted by molar-refractivity contribution is -0.139. The van der Waals surface area contributed by atoms with Gasteiger partial charge in [0, 0.05) is 18.4 Å². The summed E-state index contributed by atoms with van der Waals surface area (Å²) < 4.78 is 15.7. The Kier molecular flexibility index (Phi) is 8.53. The van der Waals surface area contributed by atoms with Crippen LogP contribution in [0.5, 0.6) is 11.5 Å². The number of benzene rings is 2. The van der Waals surface area contributed by atoms with Gasteiger partial charge in [0.05, 0.1) is 26.1 Å². The van der Waals surface area contributed by atoms with E-state index < -0.39 is 5.97 Å². The van der Waals surface area contributed by atoms with Crippen LogP contribution in [0.3, 0.4) is 0 Å². The van der Waals surface area contributed by atoms with Gasteiger partial charge in [0.25, 0.3) is 0 Å². The van der Waals surface area contributed by atoms with Gasteiger partial charge < -0.3 is 14.2 Å². The summed E-state index contributed by atoms with van der Waals surface area (Å²) >= 11 is 1.24. The van der Waals surface area contributed by atoms with Gasteiger partial charge >= 0.3 is 5.97 Å². The summed E-state index contributed by atoms with van der Waals surface area (Å²) in [5.74, 6) is 0.363. The predicted octanol–water partition coefficient (Wildman–Crippen LogP) is 4.61. The second-order valence-corrected chi connectivity index (χ2v) is 8.00. The molecule has 2 aromatic carbocycles. The molecule has 1 aromatic heterocycles. The zero-order valence-electron chi connectivity index (χ0n) is 19.3. The van der Waals surface area contributed by atoms with E-state index >= 15 is 0 Å². The van der Waals surface area contributed by atoms with Gasteiger partial charge in [0.2, 0.25) is 11.0 Å². The maximum Gasteiger partial charge on any atom is 0.331 e. The fourth-order valence-electron chi connectivity index (χ4n) is 2.82. The van der Waals surface area contributed by atoms with E-state index in [0.29, 0.717) is 22.3 Å². The van der Waals surface area contributed by atoms with Crippen LogP contribution in [0.4, 0.5) is 5.13 Å². The van der Waals surface area contributed by atoms with E-state index in [1.54, 1.807) is 50.1 Å². The molecule has 176 valence electrons. The van der Waals surface area contributed by atoms with E-state index in [9.17, 15) is 9.59 Å². The Hall–Kier alpha value is -3.98. The molecule has 0 fully saturated rings. The number of hydrazone groups is 1. The minimum absolute atomic E-state index is 0.0287. The smallest absolute Gasteiger partial charge is 0.331 e. The monoisotopic (exact) mass is 479 g/mol. The van der Waals surface area contributed by atoms with Crippen LogP contribution in [-0.2, 0) is 20.9 Å². The number of esters is 1. The van der Waals surface area contributed by atoms with E-state index in [2.05, 4.69) is 10.1 Å². The first-order chi connectivity index (χ1) is 16.4. The van der Waals surface area contributed by atoms with Crippen molar-refractivity contribution in [3.05, 3.63) is 76.3 Å². The van der Waals surface area contributed by atoms with Crippen LogP contribution in [0.1, 0.15) is 29.3 Å². The molecule has 8 nitrogen and oxygen atoms in total. The van der Waals surface area contributed by atoms with Crippen molar-refractivity contribution in [2.75, 3.05) is 19.2 Å². The number of aromatic nitrogens is 1. The van der Waals surface area contributed by atoms with Gasteiger partial charge in [-0.2, -0.15) is 10.1 Å². The third-order valence-electron chi connectivity index (χ3n) is 4.60. The Morgan fingerprint density at radius 3 is 2.44 bits per heavy atom. The molecule has 9 heteroatoms. The maximum absolute atomic E-state index is 12.1. The summed E-state index contributed by atoms with van der Waals surface area (Å²) in [6.45, 7) is 3.38. The first-order valence-corrected chi connectivity index (χ1v) is 11.2. The molecule has 0 bridgehead atoms.